The SMILES string of the molecule is CC/C=C\C/C=C\C/C=C\CCCCCCCC(=O)OCCCCCCCCCCCCCCCCCCCCCCCCCCCC(=O)O. The average Bonchev–Trinajstić information content (AvgIpc) is 3.11. The van der Waals surface area contributed by atoms with Crippen LogP contribution in [0, 0.1) is 0 Å². The van der Waals surface area contributed by atoms with Gasteiger partial charge in [-0.05, 0) is 51.4 Å². The minimum atomic E-state index is -0.656. The lowest BCUT2D eigenvalue weighted by Crippen LogP contribution is -2.05. The van der Waals surface area contributed by atoms with Crippen LogP contribution in [0.4, 0.5) is 0 Å². The minimum absolute atomic E-state index is 0.000274. The maximum atomic E-state index is 12.0. The molecule has 0 atom stereocenters. The molecule has 0 rings (SSSR count). The zero-order chi connectivity index (χ0) is 36.3. The van der Waals surface area contributed by atoms with Gasteiger partial charge in [0, 0.05) is 12.8 Å². The van der Waals surface area contributed by atoms with Gasteiger partial charge in [0.25, 0.3) is 0 Å². The number of allylic oxidation sites excluding steroid dienone is 6. The largest absolute Gasteiger partial charge is 0.481 e. The standard InChI is InChI=1S/C46H84O4/c1-2-3-4-5-6-7-8-9-21-25-28-31-34-37-40-43-46(49)50-44-41-38-35-32-29-26-23-20-18-16-14-12-10-11-13-15-17-19-22-24-27-30-33-36-39-42-45(47)48/h3-4,6-7,9,21H,2,5,8,10-20,22-44H2,1H3,(H,47,48)/b4-3-,7-6-,21-9-. The van der Waals surface area contributed by atoms with Gasteiger partial charge in [-0.15, -0.1) is 0 Å². The first-order valence-electron chi connectivity index (χ1n) is 22.0. The number of hydrogen-bond donors (Lipinski definition) is 1. The molecule has 0 aliphatic heterocycles. The minimum Gasteiger partial charge on any atom is -0.481 e. The predicted octanol–water partition coefficient (Wildman–Crippen LogP) is 15.3. The molecule has 0 saturated carbocycles. The number of carboxylic acids is 1. The van der Waals surface area contributed by atoms with Crippen LogP contribution in [0.1, 0.15) is 238 Å². The Hall–Kier alpha value is -1.84. The van der Waals surface area contributed by atoms with Gasteiger partial charge in [0.15, 0.2) is 0 Å². The van der Waals surface area contributed by atoms with Crippen LogP contribution < -0.4 is 0 Å². The van der Waals surface area contributed by atoms with Gasteiger partial charge in [-0.1, -0.05) is 210 Å². The van der Waals surface area contributed by atoms with E-state index in [4.69, 9.17) is 9.84 Å². The van der Waals surface area contributed by atoms with E-state index in [0.717, 1.165) is 51.4 Å². The van der Waals surface area contributed by atoms with Crippen molar-refractivity contribution in [3.63, 3.8) is 0 Å². The van der Waals surface area contributed by atoms with Crippen molar-refractivity contribution < 1.29 is 19.4 Å². The molecule has 0 heterocycles. The van der Waals surface area contributed by atoms with Crippen molar-refractivity contribution in [1.29, 1.82) is 0 Å². The highest BCUT2D eigenvalue weighted by Crippen LogP contribution is 2.16. The summed E-state index contributed by atoms with van der Waals surface area (Å²) in [6, 6.07) is 0. The number of carboxylic acid groups (broad SMARTS) is 1. The Morgan fingerprint density at radius 2 is 0.720 bits per heavy atom. The summed E-state index contributed by atoms with van der Waals surface area (Å²) in [5.74, 6) is -0.656. The van der Waals surface area contributed by atoms with Crippen LogP contribution >= 0.6 is 0 Å². The van der Waals surface area contributed by atoms with E-state index in [9.17, 15) is 9.59 Å². The molecule has 0 unspecified atom stereocenters. The summed E-state index contributed by atoms with van der Waals surface area (Å²) in [5.41, 5.74) is 0. The number of unbranched alkanes of at least 4 members (excludes halogenated alkanes) is 29. The molecule has 0 amide bonds. The van der Waals surface area contributed by atoms with E-state index < -0.39 is 5.97 Å². The van der Waals surface area contributed by atoms with Gasteiger partial charge >= 0.3 is 11.9 Å². The second-order valence-corrected chi connectivity index (χ2v) is 14.8. The van der Waals surface area contributed by atoms with Crippen LogP contribution in [0.2, 0.25) is 0 Å². The second-order valence-electron chi connectivity index (χ2n) is 14.8. The van der Waals surface area contributed by atoms with Crippen LogP contribution in [-0.4, -0.2) is 23.7 Å². The molecule has 1 N–H and O–H groups in total. The normalized spacial score (nSPS) is 11.9. The number of ether oxygens (including phenoxy) is 1. The first-order chi connectivity index (χ1) is 24.7. The Morgan fingerprint density at radius 1 is 0.400 bits per heavy atom. The van der Waals surface area contributed by atoms with Gasteiger partial charge in [-0.25, -0.2) is 0 Å². The van der Waals surface area contributed by atoms with Gasteiger partial charge in [0.05, 0.1) is 6.61 Å². The maximum Gasteiger partial charge on any atom is 0.305 e. The molecule has 0 bridgehead atoms. The number of hydrogen-bond acceptors (Lipinski definition) is 3. The summed E-state index contributed by atoms with van der Waals surface area (Å²) < 4.78 is 5.45. The van der Waals surface area contributed by atoms with E-state index in [1.54, 1.807) is 0 Å². The van der Waals surface area contributed by atoms with Gasteiger partial charge in [-0.2, -0.15) is 0 Å². The van der Waals surface area contributed by atoms with Crippen molar-refractivity contribution in [3.8, 4) is 0 Å². The van der Waals surface area contributed by atoms with Crippen LogP contribution in [0.3, 0.4) is 0 Å². The van der Waals surface area contributed by atoms with Crippen LogP contribution in [0.25, 0.3) is 0 Å². The highest BCUT2D eigenvalue weighted by Gasteiger charge is 2.03. The number of aliphatic carboxylic acids is 1. The molecule has 0 aliphatic rings. The number of carbonyl (C=O) groups excluding carboxylic acids is 1. The fourth-order valence-electron chi connectivity index (χ4n) is 6.59. The van der Waals surface area contributed by atoms with Crippen LogP contribution in [-0.2, 0) is 14.3 Å². The molecule has 4 heteroatoms. The van der Waals surface area contributed by atoms with E-state index >= 15 is 0 Å². The molecule has 0 aromatic heterocycles. The first-order valence-corrected chi connectivity index (χ1v) is 22.0. The Morgan fingerprint density at radius 3 is 1.12 bits per heavy atom. The quantitative estimate of drug-likeness (QED) is 0.0392. The van der Waals surface area contributed by atoms with E-state index in [1.807, 2.05) is 0 Å². The van der Waals surface area contributed by atoms with Crippen LogP contribution in [0.15, 0.2) is 36.5 Å². The smallest absolute Gasteiger partial charge is 0.305 e. The third-order valence-corrected chi connectivity index (χ3v) is 9.83. The third-order valence-electron chi connectivity index (χ3n) is 9.83. The molecule has 0 aromatic carbocycles. The highest BCUT2D eigenvalue weighted by molar-refractivity contribution is 5.69. The van der Waals surface area contributed by atoms with Crippen molar-refractivity contribution in [1.82, 2.24) is 0 Å². The molecule has 0 spiro atoms. The lowest BCUT2D eigenvalue weighted by molar-refractivity contribution is -0.144. The summed E-state index contributed by atoms with van der Waals surface area (Å²) in [7, 11) is 0. The average molecular weight is 701 g/mol. The third kappa shape index (κ3) is 44.2. The lowest BCUT2D eigenvalue weighted by Gasteiger charge is -2.06. The van der Waals surface area contributed by atoms with Crippen molar-refractivity contribution in [2.75, 3.05) is 6.61 Å². The summed E-state index contributed by atoms with van der Waals surface area (Å²) in [4.78, 5) is 22.5. The Balaban J connectivity index is 3.19. The van der Waals surface area contributed by atoms with E-state index in [1.165, 1.54) is 167 Å². The fourth-order valence-corrected chi connectivity index (χ4v) is 6.59. The summed E-state index contributed by atoms with van der Waals surface area (Å²) >= 11 is 0. The van der Waals surface area contributed by atoms with Gasteiger partial charge in [-0.3, -0.25) is 9.59 Å². The van der Waals surface area contributed by atoms with Crippen LogP contribution in [0.5, 0.6) is 0 Å². The van der Waals surface area contributed by atoms with E-state index in [0.29, 0.717) is 19.4 Å². The summed E-state index contributed by atoms with van der Waals surface area (Å²) in [5, 5.41) is 8.65. The van der Waals surface area contributed by atoms with E-state index in [2.05, 4.69) is 43.4 Å². The highest BCUT2D eigenvalue weighted by atomic mass is 16.5. The number of rotatable bonds is 41. The Labute approximate surface area is 311 Å². The fraction of sp³-hybridized carbons (Fsp3) is 0.826. The zero-order valence-electron chi connectivity index (χ0n) is 33.3. The first kappa shape index (κ1) is 48.2. The molecule has 0 fully saturated rings. The number of carbonyl (C=O) groups is 2. The monoisotopic (exact) mass is 701 g/mol. The van der Waals surface area contributed by atoms with Crippen molar-refractivity contribution in [2.24, 2.45) is 0 Å². The van der Waals surface area contributed by atoms with Gasteiger partial charge < -0.3 is 9.84 Å². The topological polar surface area (TPSA) is 63.6 Å². The zero-order valence-corrected chi connectivity index (χ0v) is 33.3. The molecule has 4 nitrogen and oxygen atoms in total. The molecular formula is C46H84O4. The molecule has 0 saturated heterocycles. The summed E-state index contributed by atoms with van der Waals surface area (Å²) in [6.07, 6.45) is 57.6. The molecular weight excluding hydrogens is 617 g/mol. The molecule has 292 valence electrons. The summed E-state index contributed by atoms with van der Waals surface area (Å²) in [6.45, 7) is 2.77. The Kier molecular flexibility index (Phi) is 41.7. The lowest BCUT2D eigenvalue weighted by atomic mass is 10.0. The second kappa shape index (κ2) is 43.3. The van der Waals surface area contributed by atoms with E-state index in [-0.39, 0.29) is 5.97 Å². The van der Waals surface area contributed by atoms with Gasteiger partial charge in [0.1, 0.15) is 0 Å². The predicted molar refractivity (Wildman–Crippen MR) is 218 cm³/mol. The molecule has 0 aliphatic carbocycles. The van der Waals surface area contributed by atoms with Crippen molar-refractivity contribution >= 4 is 11.9 Å². The number of esters is 1. The van der Waals surface area contributed by atoms with Gasteiger partial charge in [0.2, 0.25) is 0 Å². The van der Waals surface area contributed by atoms with Crippen molar-refractivity contribution in [2.45, 2.75) is 238 Å². The van der Waals surface area contributed by atoms with Crippen molar-refractivity contribution in [3.05, 3.63) is 36.5 Å². The Bertz CT molecular complexity index is 783. The molecule has 0 radical (unpaired) electrons. The maximum absolute atomic E-state index is 12.0. The molecule has 50 heavy (non-hydrogen) atoms. The molecule has 0 aromatic rings.